The van der Waals surface area contributed by atoms with Crippen LogP contribution in [0.15, 0.2) is 35.4 Å². The number of amides is 2. The van der Waals surface area contributed by atoms with E-state index < -0.39 is 28.9 Å². The molecular formula is C20H23F2N3O3. The van der Waals surface area contributed by atoms with Crippen LogP contribution in [0.2, 0.25) is 0 Å². The first kappa shape index (κ1) is 21.3. The van der Waals surface area contributed by atoms with Crippen LogP contribution in [0.25, 0.3) is 0 Å². The lowest BCUT2D eigenvalue weighted by atomic mass is 10.1. The van der Waals surface area contributed by atoms with Crippen molar-refractivity contribution in [2.75, 3.05) is 6.54 Å². The van der Waals surface area contributed by atoms with E-state index in [-0.39, 0.29) is 29.3 Å². The van der Waals surface area contributed by atoms with Crippen molar-refractivity contribution in [3.8, 4) is 0 Å². The van der Waals surface area contributed by atoms with Gasteiger partial charge in [0.15, 0.2) is 0 Å². The van der Waals surface area contributed by atoms with Crippen molar-refractivity contribution in [1.29, 1.82) is 0 Å². The van der Waals surface area contributed by atoms with Gasteiger partial charge in [-0.3, -0.25) is 14.4 Å². The zero-order valence-corrected chi connectivity index (χ0v) is 16.0. The minimum absolute atomic E-state index is 0.0464. The van der Waals surface area contributed by atoms with Crippen molar-refractivity contribution in [2.45, 2.75) is 39.8 Å². The molecule has 2 N–H and O–H groups in total. The lowest BCUT2D eigenvalue weighted by Gasteiger charge is -2.17. The van der Waals surface area contributed by atoms with Crippen molar-refractivity contribution in [3.05, 3.63) is 69.1 Å². The highest BCUT2D eigenvalue weighted by atomic mass is 19.1. The van der Waals surface area contributed by atoms with Crippen LogP contribution in [0, 0.1) is 11.6 Å². The third-order valence-electron chi connectivity index (χ3n) is 4.43. The number of carbonyl (C=O) groups is 2. The van der Waals surface area contributed by atoms with Crippen molar-refractivity contribution < 1.29 is 18.4 Å². The van der Waals surface area contributed by atoms with Gasteiger partial charge < -0.3 is 15.2 Å². The summed E-state index contributed by atoms with van der Waals surface area (Å²) in [6.07, 6.45) is 3.53. The third kappa shape index (κ3) is 4.82. The average Bonchev–Trinajstić information content (AvgIpc) is 2.66. The first-order valence-electron chi connectivity index (χ1n) is 9.04. The molecular weight excluding hydrogens is 368 g/mol. The number of halogens is 2. The predicted octanol–water partition coefficient (Wildman–Crippen LogP) is 2.78. The first-order valence-corrected chi connectivity index (χ1v) is 9.04. The van der Waals surface area contributed by atoms with E-state index in [0.29, 0.717) is 12.6 Å². The fourth-order valence-electron chi connectivity index (χ4n) is 2.58. The molecule has 2 amide bonds. The number of pyridine rings is 1. The van der Waals surface area contributed by atoms with Gasteiger partial charge in [-0.25, -0.2) is 8.78 Å². The van der Waals surface area contributed by atoms with Gasteiger partial charge in [0.25, 0.3) is 11.8 Å². The van der Waals surface area contributed by atoms with Crippen molar-refractivity contribution in [2.24, 2.45) is 0 Å². The van der Waals surface area contributed by atoms with Gasteiger partial charge in [-0.1, -0.05) is 13.0 Å². The van der Waals surface area contributed by atoms with E-state index >= 15 is 0 Å². The van der Waals surface area contributed by atoms with E-state index in [2.05, 4.69) is 10.6 Å². The maximum absolute atomic E-state index is 13.7. The van der Waals surface area contributed by atoms with Gasteiger partial charge in [-0.2, -0.15) is 0 Å². The summed E-state index contributed by atoms with van der Waals surface area (Å²) >= 11 is 0. The molecule has 150 valence electrons. The Kier molecular flexibility index (Phi) is 7.03. The Morgan fingerprint density at radius 2 is 1.68 bits per heavy atom. The Morgan fingerprint density at radius 1 is 1.07 bits per heavy atom. The zero-order chi connectivity index (χ0) is 20.8. The standard InChI is InChI=1S/C20H23F2N3O3/c1-4-12(3)25-10-15(19(27)23-5-2)18(26)16(11-25)20(28)24-9-13-6-7-14(21)8-17(13)22/h6-8,10-12H,4-5,9H2,1-3H3,(H,23,27)(H,24,28)/t12-/m1/s1. The normalized spacial score (nSPS) is 11.8. The van der Waals surface area contributed by atoms with E-state index in [0.717, 1.165) is 12.5 Å². The van der Waals surface area contributed by atoms with E-state index in [1.165, 1.54) is 18.5 Å². The average molecular weight is 391 g/mol. The summed E-state index contributed by atoms with van der Waals surface area (Å²) in [6, 6.07) is 2.96. The number of rotatable bonds is 7. The Morgan fingerprint density at radius 3 is 2.21 bits per heavy atom. The number of nitrogens with one attached hydrogen (secondary N) is 2. The van der Waals surface area contributed by atoms with Crippen LogP contribution >= 0.6 is 0 Å². The quantitative estimate of drug-likeness (QED) is 0.762. The molecule has 2 aromatic rings. The van der Waals surface area contributed by atoms with Crippen LogP contribution < -0.4 is 16.1 Å². The Labute approximate surface area is 161 Å². The van der Waals surface area contributed by atoms with Crippen LogP contribution in [-0.2, 0) is 6.54 Å². The summed E-state index contributed by atoms with van der Waals surface area (Å²) in [5, 5.41) is 5.01. The van der Waals surface area contributed by atoms with E-state index in [1.807, 2.05) is 13.8 Å². The molecule has 2 rings (SSSR count). The topological polar surface area (TPSA) is 80.2 Å². The largest absolute Gasteiger partial charge is 0.352 e. The number of carbonyl (C=O) groups excluding carboxylic acids is 2. The van der Waals surface area contributed by atoms with Crippen LogP contribution in [-0.4, -0.2) is 22.9 Å². The molecule has 1 atom stereocenters. The SMILES string of the molecule is CCNC(=O)c1cn([C@H](C)CC)cc(C(=O)NCc2ccc(F)cc2F)c1=O. The molecule has 0 unspecified atom stereocenters. The molecule has 0 saturated carbocycles. The highest BCUT2D eigenvalue weighted by Gasteiger charge is 2.20. The second-order valence-electron chi connectivity index (χ2n) is 6.40. The minimum Gasteiger partial charge on any atom is -0.352 e. The van der Waals surface area contributed by atoms with Crippen molar-refractivity contribution >= 4 is 11.8 Å². The number of nitrogens with zero attached hydrogens (tertiary/aromatic N) is 1. The van der Waals surface area contributed by atoms with Gasteiger partial charge >= 0.3 is 0 Å². The molecule has 8 heteroatoms. The van der Waals surface area contributed by atoms with E-state index in [4.69, 9.17) is 0 Å². The summed E-state index contributed by atoms with van der Waals surface area (Å²) in [4.78, 5) is 37.4. The molecule has 28 heavy (non-hydrogen) atoms. The molecule has 0 aliphatic rings. The molecule has 1 aromatic carbocycles. The Hall–Kier alpha value is -3.03. The number of hydrogen-bond acceptors (Lipinski definition) is 3. The molecule has 0 radical (unpaired) electrons. The predicted molar refractivity (Wildman–Crippen MR) is 101 cm³/mol. The second-order valence-corrected chi connectivity index (χ2v) is 6.40. The van der Waals surface area contributed by atoms with Gasteiger partial charge in [0.1, 0.15) is 22.8 Å². The fourth-order valence-corrected chi connectivity index (χ4v) is 2.58. The summed E-state index contributed by atoms with van der Waals surface area (Å²) in [6.45, 7) is 5.66. The monoisotopic (exact) mass is 391 g/mol. The summed E-state index contributed by atoms with van der Waals surface area (Å²) < 4.78 is 28.4. The number of aromatic nitrogens is 1. The fraction of sp³-hybridized carbons (Fsp3) is 0.350. The third-order valence-corrected chi connectivity index (χ3v) is 4.43. The Balaban J connectivity index is 2.36. The highest BCUT2D eigenvalue weighted by molar-refractivity contribution is 5.99. The molecule has 0 saturated heterocycles. The summed E-state index contributed by atoms with van der Waals surface area (Å²) in [7, 11) is 0. The van der Waals surface area contributed by atoms with Crippen LogP contribution in [0.5, 0.6) is 0 Å². The van der Waals surface area contributed by atoms with Crippen LogP contribution in [0.1, 0.15) is 59.5 Å². The van der Waals surface area contributed by atoms with Crippen LogP contribution in [0.3, 0.4) is 0 Å². The van der Waals surface area contributed by atoms with Gasteiger partial charge in [-0.05, 0) is 26.3 Å². The lowest BCUT2D eigenvalue weighted by molar-refractivity contribution is 0.0948. The lowest BCUT2D eigenvalue weighted by Crippen LogP contribution is -2.35. The van der Waals surface area contributed by atoms with Gasteiger partial charge in [-0.15, -0.1) is 0 Å². The highest BCUT2D eigenvalue weighted by Crippen LogP contribution is 2.12. The Bertz CT molecular complexity index is 941. The molecule has 0 spiro atoms. The number of benzene rings is 1. The molecule has 1 aromatic heterocycles. The molecule has 0 aliphatic carbocycles. The molecule has 1 heterocycles. The zero-order valence-electron chi connectivity index (χ0n) is 16.0. The van der Waals surface area contributed by atoms with Crippen LogP contribution in [0.4, 0.5) is 8.78 Å². The molecule has 0 aliphatic heterocycles. The summed E-state index contributed by atoms with van der Waals surface area (Å²) in [5.74, 6) is -2.83. The van der Waals surface area contributed by atoms with Crippen molar-refractivity contribution in [1.82, 2.24) is 15.2 Å². The molecule has 0 fully saturated rings. The molecule has 0 bridgehead atoms. The van der Waals surface area contributed by atoms with E-state index in [9.17, 15) is 23.2 Å². The maximum Gasteiger partial charge on any atom is 0.257 e. The molecule has 6 nitrogen and oxygen atoms in total. The summed E-state index contributed by atoms with van der Waals surface area (Å²) in [5.41, 5.74) is -0.978. The number of hydrogen-bond donors (Lipinski definition) is 2. The minimum atomic E-state index is -0.798. The van der Waals surface area contributed by atoms with E-state index in [1.54, 1.807) is 11.5 Å². The smallest absolute Gasteiger partial charge is 0.257 e. The maximum atomic E-state index is 13.7. The van der Waals surface area contributed by atoms with Crippen molar-refractivity contribution in [3.63, 3.8) is 0 Å². The van der Waals surface area contributed by atoms with Gasteiger partial charge in [0.05, 0.1) is 0 Å². The second kappa shape index (κ2) is 9.25. The van der Waals surface area contributed by atoms with Gasteiger partial charge in [0.2, 0.25) is 5.43 Å². The van der Waals surface area contributed by atoms with Gasteiger partial charge in [0, 0.05) is 43.2 Å². The first-order chi connectivity index (χ1) is 13.3.